The standard InChI is InChI=1S/C34H42O9/c1-9-10-11-43-22(36)13-19-12-20(16(2)3)21-14-32(7)15-33(8)25(17(4)5)28(38)23(18(6)35)30(40)34(33,42)31(41)26(32)29(39)24(21)27(19)37/h9,12,16-17,23,25-26,37,42H,1,10-11,13-15H2,2-8H3/t23?,25?,26?,32-,33-,34+/m1/s1. The second-order valence-electron chi connectivity index (χ2n) is 13.8. The summed E-state index contributed by atoms with van der Waals surface area (Å²) >= 11 is 0. The number of aromatic hydroxyl groups is 1. The number of phenols is 1. The molecular weight excluding hydrogens is 552 g/mol. The van der Waals surface area contributed by atoms with Gasteiger partial charge in [-0.25, -0.2) is 0 Å². The van der Waals surface area contributed by atoms with Crippen LogP contribution in [0.25, 0.3) is 0 Å². The molecule has 0 bridgehead atoms. The zero-order valence-corrected chi connectivity index (χ0v) is 26.0. The predicted molar refractivity (Wildman–Crippen MR) is 156 cm³/mol. The summed E-state index contributed by atoms with van der Waals surface area (Å²) in [7, 11) is 0. The molecule has 0 amide bonds. The Kier molecular flexibility index (Phi) is 8.24. The summed E-state index contributed by atoms with van der Waals surface area (Å²) in [6.45, 7) is 15.4. The third-order valence-electron chi connectivity index (χ3n) is 10.0. The van der Waals surface area contributed by atoms with Gasteiger partial charge in [0.05, 0.1) is 24.5 Å². The number of benzene rings is 1. The number of ether oxygens (including phenoxy) is 1. The van der Waals surface area contributed by atoms with Crippen LogP contribution in [0.2, 0.25) is 0 Å². The van der Waals surface area contributed by atoms with Gasteiger partial charge in [-0.05, 0) is 54.6 Å². The van der Waals surface area contributed by atoms with Crippen molar-refractivity contribution in [3.8, 4) is 5.75 Å². The van der Waals surface area contributed by atoms with Gasteiger partial charge in [-0.2, -0.15) is 0 Å². The van der Waals surface area contributed by atoms with E-state index in [2.05, 4.69) is 6.58 Å². The van der Waals surface area contributed by atoms with E-state index in [1.807, 2.05) is 13.8 Å². The maximum atomic E-state index is 14.5. The minimum absolute atomic E-state index is 0.0152. The molecule has 1 aromatic rings. The Bertz CT molecular complexity index is 1450. The van der Waals surface area contributed by atoms with Gasteiger partial charge in [0.15, 0.2) is 28.7 Å². The average molecular weight is 595 g/mol. The van der Waals surface area contributed by atoms with Crippen molar-refractivity contribution in [3.63, 3.8) is 0 Å². The smallest absolute Gasteiger partial charge is 0.310 e. The first-order chi connectivity index (χ1) is 19.9. The predicted octanol–water partition coefficient (Wildman–Crippen LogP) is 3.88. The molecule has 0 radical (unpaired) electrons. The van der Waals surface area contributed by atoms with E-state index in [9.17, 15) is 39.0 Å². The first-order valence-electron chi connectivity index (χ1n) is 14.9. The zero-order valence-electron chi connectivity index (χ0n) is 26.0. The molecule has 0 saturated heterocycles. The van der Waals surface area contributed by atoms with E-state index in [0.29, 0.717) is 12.0 Å². The Hall–Kier alpha value is -3.46. The highest BCUT2D eigenvalue weighted by atomic mass is 16.5. The number of rotatable bonds is 8. The number of hydrogen-bond acceptors (Lipinski definition) is 9. The molecule has 1 aromatic carbocycles. The van der Waals surface area contributed by atoms with E-state index in [0.717, 1.165) is 12.5 Å². The molecule has 43 heavy (non-hydrogen) atoms. The summed E-state index contributed by atoms with van der Waals surface area (Å²) < 4.78 is 5.21. The number of carbonyl (C=O) groups excluding carboxylic acids is 6. The maximum absolute atomic E-state index is 14.5. The Morgan fingerprint density at radius 3 is 2.28 bits per heavy atom. The third-order valence-corrected chi connectivity index (χ3v) is 10.0. The van der Waals surface area contributed by atoms with Gasteiger partial charge in [-0.15, -0.1) is 6.58 Å². The number of hydrogen-bond donors (Lipinski definition) is 2. The first kappa shape index (κ1) is 32.5. The number of phenolic OH excluding ortho intramolecular Hbond substituents is 1. The molecule has 3 unspecified atom stereocenters. The largest absolute Gasteiger partial charge is 0.507 e. The minimum Gasteiger partial charge on any atom is -0.507 e. The van der Waals surface area contributed by atoms with Crippen molar-refractivity contribution in [1.82, 2.24) is 0 Å². The van der Waals surface area contributed by atoms with E-state index < -0.39 is 80.7 Å². The molecule has 0 aliphatic heterocycles. The van der Waals surface area contributed by atoms with Crippen LogP contribution in [0.3, 0.4) is 0 Å². The molecule has 3 aliphatic rings. The molecule has 2 N–H and O–H groups in total. The normalized spacial score (nSPS) is 31.9. The lowest BCUT2D eigenvalue weighted by molar-refractivity contribution is -0.205. The van der Waals surface area contributed by atoms with Crippen molar-refractivity contribution in [2.24, 2.45) is 34.5 Å². The van der Waals surface area contributed by atoms with Crippen LogP contribution in [0.4, 0.5) is 0 Å². The summed E-state index contributed by atoms with van der Waals surface area (Å²) in [6, 6.07) is 1.69. The monoisotopic (exact) mass is 594 g/mol. The number of carbonyl (C=O) groups is 6. The van der Waals surface area contributed by atoms with Crippen molar-refractivity contribution in [3.05, 3.63) is 41.0 Å². The van der Waals surface area contributed by atoms with Crippen LogP contribution in [0.1, 0.15) is 94.3 Å². The van der Waals surface area contributed by atoms with Crippen molar-refractivity contribution in [2.45, 2.75) is 85.7 Å². The molecule has 0 spiro atoms. The number of Topliss-reactive ketones (excluding diaryl/α,β-unsaturated/α-hetero) is 5. The lowest BCUT2D eigenvalue weighted by Crippen LogP contribution is -2.76. The van der Waals surface area contributed by atoms with Crippen LogP contribution in [0, 0.1) is 34.5 Å². The van der Waals surface area contributed by atoms with Gasteiger partial charge in [0.2, 0.25) is 0 Å². The van der Waals surface area contributed by atoms with Crippen molar-refractivity contribution >= 4 is 34.9 Å². The molecule has 232 valence electrons. The van der Waals surface area contributed by atoms with E-state index in [1.165, 1.54) is 0 Å². The summed E-state index contributed by atoms with van der Waals surface area (Å²) in [5.41, 5.74) is -4.11. The van der Waals surface area contributed by atoms with E-state index in [4.69, 9.17) is 4.74 Å². The van der Waals surface area contributed by atoms with Crippen molar-refractivity contribution < 1.29 is 43.7 Å². The van der Waals surface area contributed by atoms with E-state index in [-0.39, 0.29) is 42.9 Å². The van der Waals surface area contributed by atoms with E-state index in [1.54, 1.807) is 39.8 Å². The molecule has 4 rings (SSSR count). The van der Waals surface area contributed by atoms with Crippen LogP contribution in [0.15, 0.2) is 18.7 Å². The summed E-state index contributed by atoms with van der Waals surface area (Å²) in [6.07, 6.45) is 1.89. The summed E-state index contributed by atoms with van der Waals surface area (Å²) in [4.78, 5) is 81.4. The number of aliphatic hydroxyl groups is 1. The first-order valence-corrected chi connectivity index (χ1v) is 14.9. The number of fused-ring (bicyclic) bond motifs is 3. The Morgan fingerprint density at radius 2 is 1.74 bits per heavy atom. The Balaban J connectivity index is 1.91. The highest BCUT2D eigenvalue weighted by Gasteiger charge is 2.76. The summed E-state index contributed by atoms with van der Waals surface area (Å²) in [5, 5.41) is 23.5. The van der Waals surface area contributed by atoms with Gasteiger partial charge in [0, 0.05) is 16.9 Å². The molecule has 2 fully saturated rings. The molecule has 6 atom stereocenters. The van der Waals surface area contributed by atoms with Gasteiger partial charge in [0.1, 0.15) is 17.5 Å². The van der Waals surface area contributed by atoms with Gasteiger partial charge in [0.25, 0.3) is 0 Å². The highest BCUT2D eigenvalue weighted by molar-refractivity contribution is 6.32. The van der Waals surface area contributed by atoms with Gasteiger partial charge >= 0.3 is 5.97 Å². The SMILES string of the molecule is C=CCCOC(=O)Cc1cc(C(C)C)c2c(c1O)C(=O)C1C(=O)[C@@]3(O)C(=O)C(C(C)=O)C(=O)C(C(C)C)[C@@]3(C)C[C@@]1(C)C2. The number of esters is 1. The quantitative estimate of drug-likeness (QED) is 0.198. The van der Waals surface area contributed by atoms with Crippen molar-refractivity contribution in [1.29, 1.82) is 0 Å². The molecule has 2 saturated carbocycles. The lowest BCUT2D eigenvalue weighted by atomic mass is 9.39. The fraction of sp³-hybridized carbons (Fsp3) is 0.588. The minimum atomic E-state index is -2.76. The van der Waals surface area contributed by atoms with Crippen LogP contribution in [-0.4, -0.2) is 57.3 Å². The molecule has 0 aromatic heterocycles. The van der Waals surface area contributed by atoms with E-state index >= 15 is 0 Å². The Labute approximate surface area is 252 Å². The van der Waals surface area contributed by atoms with Gasteiger partial charge < -0.3 is 14.9 Å². The van der Waals surface area contributed by atoms with Crippen molar-refractivity contribution in [2.75, 3.05) is 6.61 Å². The van der Waals surface area contributed by atoms with Crippen LogP contribution in [-0.2, 0) is 41.6 Å². The third kappa shape index (κ3) is 4.62. The molecule has 3 aliphatic carbocycles. The zero-order chi connectivity index (χ0) is 32.4. The second-order valence-corrected chi connectivity index (χ2v) is 13.8. The highest BCUT2D eigenvalue weighted by Crippen LogP contribution is 2.64. The molecule has 9 heteroatoms. The maximum Gasteiger partial charge on any atom is 0.310 e. The average Bonchev–Trinajstić information content (AvgIpc) is 2.87. The van der Waals surface area contributed by atoms with Crippen LogP contribution >= 0.6 is 0 Å². The number of ketones is 5. The molecular formula is C34H42O9. The van der Waals surface area contributed by atoms with Crippen LogP contribution in [0.5, 0.6) is 5.75 Å². The molecule has 9 nitrogen and oxygen atoms in total. The van der Waals surface area contributed by atoms with Gasteiger partial charge in [-0.3, -0.25) is 28.8 Å². The van der Waals surface area contributed by atoms with Gasteiger partial charge in [-0.1, -0.05) is 53.7 Å². The summed E-state index contributed by atoms with van der Waals surface area (Å²) in [5.74, 6) is -10.2. The van der Waals surface area contributed by atoms with Crippen LogP contribution < -0.4 is 0 Å². The fourth-order valence-corrected chi connectivity index (χ4v) is 8.40. The second kappa shape index (κ2) is 10.9. The topological polar surface area (TPSA) is 152 Å². The fourth-order valence-electron chi connectivity index (χ4n) is 8.40. The Morgan fingerprint density at radius 1 is 1.12 bits per heavy atom. The molecule has 0 heterocycles. The lowest BCUT2D eigenvalue weighted by Gasteiger charge is -2.62.